The Kier molecular flexibility index (Phi) is 3.98. The van der Waals surface area contributed by atoms with Crippen LogP contribution in [0.25, 0.3) is 0 Å². The Morgan fingerprint density at radius 1 is 1.30 bits per heavy atom. The van der Waals surface area contributed by atoms with Crippen molar-refractivity contribution in [1.82, 2.24) is 5.32 Å². The molecule has 1 aromatic carbocycles. The fourth-order valence-corrected chi connectivity index (χ4v) is 3.40. The van der Waals surface area contributed by atoms with E-state index in [1.807, 2.05) is 18.2 Å². The molecule has 1 saturated heterocycles. The first-order valence-corrected chi connectivity index (χ1v) is 8.07. The molecular weight excluding hydrogens is 322 g/mol. The number of carbonyl (C=O) groups excluding carboxylic acids is 1. The quantitative estimate of drug-likeness (QED) is 0.859. The molecule has 3 rings (SSSR count). The summed E-state index contributed by atoms with van der Waals surface area (Å²) in [5.41, 5.74) is 1.64. The first-order chi connectivity index (χ1) is 9.72. The topological polar surface area (TPSA) is 47.6 Å². The summed E-state index contributed by atoms with van der Waals surface area (Å²) in [6.45, 7) is 2.11. The van der Waals surface area contributed by atoms with Crippen molar-refractivity contribution in [3.05, 3.63) is 29.3 Å². The van der Waals surface area contributed by atoms with Gasteiger partial charge in [-0.1, -0.05) is 15.9 Å². The Labute approximate surface area is 127 Å². The second-order valence-electron chi connectivity index (χ2n) is 5.40. The van der Waals surface area contributed by atoms with Crippen molar-refractivity contribution >= 4 is 21.8 Å². The number of nitrogens with one attached hydrogen (secondary N) is 1. The van der Waals surface area contributed by atoms with Crippen molar-refractivity contribution < 1.29 is 14.3 Å². The minimum Gasteiger partial charge on any atom is -0.493 e. The van der Waals surface area contributed by atoms with Gasteiger partial charge in [0.1, 0.15) is 5.75 Å². The maximum atomic E-state index is 12.5. The zero-order valence-electron chi connectivity index (χ0n) is 11.3. The molecule has 0 spiro atoms. The number of benzene rings is 1. The molecule has 20 heavy (non-hydrogen) atoms. The van der Waals surface area contributed by atoms with Gasteiger partial charge in [0.15, 0.2) is 0 Å². The van der Waals surface area contributed by atoms with Crippen molar-refractivity contribution in [3.63, 3.8) is 0 Å². The lowest BCUT2D eigenvalue weighted by Crippen LogP contribution is -2.53. The van der Waals surface area contributed by atoms with Crippen molar-refractivity contribution in [3.8, 4) is 5.75 Å². The van der Waals surface area contributed by atoms with E-state index in [9.17, 15) is 4.79 Å². The van der Waals surface area contributed by atoms with Gasteiger partial charge in [0.05, 0.1) is 12.1 Å². The van der Waals surface area contributed by atoms with Crippen molar-refractivity contribution in [1.29, 1.82) is 0 Å². The summed E-state index contributed by atoms with van der Waals surface area (Å²) < 4.78 is 10.9. The molecule has 0 aromatic heterocycles. The van der Waals surface area contributed by atoms with Crippen LogP contribution in [0, 0.1) is 0 Å². The molecule has 1 N–H and O–H groups in total. The maximum Gasteiger partial charge on any atom is 0.251 e. The second kappa shape index (κ2) is 5.74. The lowest BCUT2D eigenvalue weighted by atomic mass is 9.92. The average molecular weight is 340 g/mol. The maximum absolute atomic E-state index is 12.5. The predicted octanol–water partition coefficient (Wildman–Crippen LogP) is 2.30. The zero-order valence-corrected chi connectivity index (χ0v) is 12.9. The van der Waals surface area contributed by atoms with Gasteiger partial charge in [-0.25, -0.2) is 0 Å². The van der Waals surface area contributed by atoms with Gasteiger partial charge in [0.25, 0.3) is 5.91 Å². The minimum atomic E-state index is -0.190. The molecule has 0 radical (unpaired) electrons. The molecule has 2 aliphatic rings. The number of amides is 1. The summed E-state index contributed by atoms with van der Waals surface area (Å²) in [7, 11) is 0. The van der Waals surface area contributed by atoms with Gasteiger partial charge >= 0.3 is 0 Å². The van der Waals surface area contributed by atoms with Crippen molar-refractivity contribution in [2.45, 2.75) is 24.8 Å². The second-order valence-corrected chi connectivity index (χ2v) is 5.96. The summed E-state index contributed by atoms with van der Waals surface area (Å²) in [5, 5.41) is 3.94. The van der Waals surface area contributed by atoms with Crippen LogP contribution in [0.15, 0.2) is 18.2 Å². The van der Waals surface area contributed by atoms with Crippen LogP contribution in [0.1, 0.15) is 28.8 Å². The molecule has 0 bridgehead atoms. The van der Waals surface area contributed by atoms with E-state index < -0.39 is 0 Å². The molecule has 0 atom stereocenters. The standard InChI is InChI=1S/C15H18BrNO3/c16-10-15(4-7-19-8-5-15)17-14(18)12-1-2-13-11(9-12)3-6-20-13/h1-2,9H,3-8,10H2,(H,17,18). The van der Waals surface area contributed by atoms with Gasteiger partial charge < -0.3 is 14.8 Å². The molecule has 1 aromatic rings. The Morgan fingerprint density at radius 2 is 2.10 bits per heavy atom. The van der Waals surface area contributed by atoms with Crippen LogP contribution in [0.3, 0.4) is 0 Å². The fourth-order valence-electron chi connectivity index (χ4n) is 2.69. The Hall–Kier alpha value is -1.07. The first kappa shape index (κ1) is 13.9. The summed E-state index contributed by atoms with van der Waals surface area (Å²) in [6, 6.07) is 5.67. The molecule has 1 amide bonds. The highest BCUT2D eigenvalue weighted by Crippen LogP contribution is 2.27. The lowest BCUT2D eigenvalue weighted by molar-refractivity contribution is 0.0442. The van der Waals surface area contributed by atoms with Gasteiger partial charge in [0, 0.05) is 30.5 Å². The third-order valence-corrected chi connectivity index (χ3v) is 5.11. The highest BCUT2D eigenvalue weighted by molar-refractivity contribution is 9.09. The van der Waals surface area contributed by atoms with Crippen LogP contribution in [-0.4, -0.2) is 36.6 Å². The zero-order chi connectivity index (χ0) is 14.0. The van der Waals surface area contributed by atoms with Crippen LogP contribution in [0.5, 0.6) is 5.75 Å². The summed E-state index contributed by atoms with van der Waals surface area (Å²) in [6.07, 6.45) is 2.57. The Morgan fingerprint density at radius 3 is 2.85 bits per heavy atom. The van der Waals surface area contributed by atoms with E-state index in [0.717, 1.165) is 35.9 Å². The van der Waals surface area contributed by atoms with E-state index in [2.05, 4.69) is 21.2 Å². The third kappa shape index (κ3) is 2.69. The van der Waals surface area contributed by atoms with Gasteiger partial charge in [-0.15, -0.1) is 0 Å². The molecular formula is C15H18BrNO3. The van der Waals surface area contributed by atoms with Gasteiger partial charge in [-0.3, -0.25) is 4.79 Å². The van der Waals surface area contributed by atoms with Gasteiger partial charge in [-0.2, -0.15) is 0 Å². The third-order valence-electron chi connectivity index (χ3n) is 4.04. The predicted molar refractivity (Wildman–Crippen MR) is 79.7 cm³/mol. The molecule has 5 heteroatoms. The monoisotopic (exact) mass is 339 g/mol. The number of alkyl halides is 1. The Bertz CT molecular complexity index is 512. The molecule has 2 aliphatic heterocycles. The van der Waals surface area contributed by atoms with Crippen LogP contribution >= 0.6 is 15.9 Å². The number of carbonyl (C=O) groups is 1. The van der Waals surface area contributed by atoms with Gasteiger partial charge in [-0.05, 0) is 36.6 Å². The number of ether oxygens (including phenoxy) is 2. The minimum absolute atomic E-state index is 0.0129. The molecule has 108 valence electrons. The summed E-state index contributed by atoms with van der Waals surface area (Å²) in [4.78, 5) is 12.5. The van der Waals surface area contributed by atoms with Crippen LogP contribution in [-0.2, 0) is 11.2 Å². The molecule has 0 unspecified atom stereocenters. The molecule has 0 aliphatic carbocycles. The number of rotatable bonds is 3. The van der Waals surface area contributed by atoms with Gasteiger partial charge in [0.2, 0.25) is 0 Å². The van der Waals surface area contributed by atoms with Crippen LogP contribution in [0.4, 0.5) is 0 Å². The SMILES string of the molecule is O=C(NC1(CBr)CCOCC1)c1ccc2c(c1)CCO2. The van der Waals surface area contributed by atoms with E-state index in [1.54, 1.807) is 0 Å². The normalized spacial score (nSPS) is 20.1. The molecule has 2 heterocycles. The largest absolute Gasteiger partial charge is 0.493 e. The highest BCUT2D eigenvalue weighted by Gasteiger charge is 2.33. The van der Waals surface area contributed by atoms with Crippen LogP contribution < -0.4 is 10.1 Å². The number of hydrogen-bond acceptors (Lipinski definition) is 3. The van der Waals surface area contributed by atoms with Crippen molar-refractivity contribution in [2.75, 3.05) is 25.2 Å². The average Bonchev–Trinajstić information content (AvgIpc) is 2.95. The Balaban J connectivity index is 1.75. The van der Waals surface area contributed by atoms with E-state index in [-0.39, 0.29) is 11.4 Å². The first-order valence-electron chi connectivity index (χ1n) is 6.94. The molecule has 4 nitrogen and oxygen atoms in total. The molecule has 1 fully saturated rings. The fraction of sp³-hybridized carbons (Fsp3) is 0.533. The van der Waals surface area contributed by atoms with E-state index in [4.69, 9.17) is 9.47 Å². The summed E-state index contributed by atoms with van der Waals surface area (Å²) in [5.74, 6) is 0.892. The number of fused-ring (bicyclic) bond motifs is 1. The lowest BCUT2D eigenvalue weighted by Gasteiger charge is -2.36. The van der Waals surface area contributed by atoms with Crippen LogP contribution in [0.2, 0.25) is 0 Å². The molecule has 0 saturated carbocycles. The number of hydrogen-bond donors (Lipinski definition) is 1. The van der Waals surface area contributed by atoms with Crippen molar-refractivity contribution in [2.24, 2.45) is 0 Å². The summed E-state index contributed by atoms with van der Waals surface area (Å²) >= 11 is 3.53. The van der Waals surface area contributed by atoms with E-state index in [1.165, 1.54) is 0 Å². The number of halogens is 1. The van der Waals surface area contributed by atoms with E-state index in [0.29, 0.717) is 25.4 Å². The highest BCUT2D eigenvalue weighted by atomic mass is 79.9. The smallest absolute Gasteiger partial charge is 0.251 e. The van der Waals surface area contributed by atoms with E-state index >= 15 is 0 Å².